The van der Waals surface area contributed by atoms with Crippen molar-refractivity contribution in [2.45, 2.75) is 32.2 Å². The summed E-state index contributed by atoms with van der Waals surface area (Å²) in [4.78, 5) is 4.33. The van der Waals surface area contributed by atoms with E-state index in [1.54, 1.807) is 0 Å². The van der Waals surface area contributed by atoms with Crippen LogP contribution in [-0.4, -0.2) is 16.1 Å². The lowest BCUT2D eigenvalue weighted by atomic mass is 10.1. The van der Waals surface area contributed by atoms with Gasteiger partial charge in [-0.05, 0) is 25.2 Å². The van der Waals surface area contributed by atoms with E-state index in [2.05, 4.69) is 34.6 Å². The Hall–Kier alpha value is -1.25. The van der Waals surface area contributed by atoms with Crippen LogP contribution < -0.4 is 5.32 Å². The fourth-order valence-electron chi connectivity index (χ4n) is 2.34. The zero-order valence-electron chi connectivity index (χ0n) is 9.32. The monoisotopic (exact) mass is 205 g/mol. The van der Waals surface area contributed by atoms with Crippen LogP contribution in [0.25, 0.3) is 0 Å². The SMILES string of the molecule is C=CCNc1nccn1C1CCC(C)C1. The maximum absolute atomic E-state index is 4.33. The Morgan fingerprint density at radius 1 is 1.67 bits per heavy atom. The first-order chi connectivity index (χ1) is 7.31. The molecule has 0 bridgehead atoms. The van der Waals surface area contributed by atoms with E-state index in [9.17, 15) is 0 Å². The van der Waals surface area contributed by atoms with Crippen molar-refractivity contribution in [1.82, 2.24) is 9.55 Å². The predicted octanol–water partition coefficient (Wildman–Crippen LogP) is 2.84. The summed E-state index contributed by atoms with van der Waals surface area (Å²) in [5.74, 6) is 1.83. The van der Waals surface area contributed by atoms with Crippen LogP contribution in [0.5, 0.6) is 0 Å². The number of nitrogens with zero attached hydrogens (tertiary/aromatic N) is 2. The minimum Gasteiger partial charge on any atom is -0.352 e. The number of imidazole rings is 1. The van der Waals surface area contributed by atoms with Crippen molar-refractivity contribution in [1.29, 1.82) is 0 Å². The van der Waals surface area contributed by atoms with Crippen molar-refractivity contribution in [3.05, 3.63) is 25.0 Å². The van der Waals surface area contributed by atoms with Gasteiger partial charge in [0.25, 0.3) is 0 Å². The Labute approximate surface area is 91.2 Å². The molecule has 0 spiro atoms. The summed E-state index contributed by atoms with van der Waals surface area (Å²) in [5, 5.41) is 3.27. The molecule has 0 aromatic carbocycles. The second-order valence-corrected chi connectivity index (χ2v) is 4.40. The average Bonchev–Trinajstić information content (AvgIpc) is 2.82. The maximum Gasteiger partial charge on any atom is 0.203 e. The van der Waals surface area contributed by atoms with Gasteiger partial charge in [-0.15, -0.1) is 6.58 Å². The summed E-state index contributed by atoms with van der Waals surface area (Å²) >= 11 is 0. The molecule has 1 saturated carbocycles. The van der Waals surface area contributed by atoms with E-state index in [1.165, 1.54) is 19.3 Å². The number of anilines is 1. The van der Waals surface area contributed by atoms with E-state index in [1.807, 2.05) is 12.3 Å². The van der Waals surface area contributed by atoms with E-state index in [-0.39, 0.29) is 0 Å². The highest BCUT2D eigenvalue weighted by molar-refractivity contribution is 5.27. The zero-order valence-corrected chi connectivity index (χ0v) is 9.32. The third kappa shape index (κ3) is 2.22. The largest absolute Gasteiger partial charge is 0.352 e. The summed E-state index contributed by atoms with van der Waals surface area (Å²) in [6.07, 6.45) is 9.70. The molecule has 3 nitrogen and oxygen atoms in total. The first kappa shape index (κ1) is 10.3. The molecular formula is C12H19N3. The number of rotatable bonds is 4. The first-order valence-electron chi connectivity index (χ1n) is 5.69. The molecule has 2 unspecified atom stereocenters. The minimum absolute atomic E-state index is 0.634. The van der Waals surface area contributed by atoms with Crippen LogP contribution in [0.4, 0.5) is 5.95 Å². The summed E-state index contributed by atoms with van der Waals surface area (Å²) in [7, 11) is 0. The van der Waals surface area contributed by atoms with Gasteiger partial charge in [-0.2, -0.15) is 0 Å². The molecular weight excluding hydrogens is 186 g/mol. The van der Waals surface area contributed by atoms with Gasteiger partial charge in [-0.3, -0.25) is 0 Å². The molecule has 1 heterocycles. The van der Waals surface area contributed by atoms with Crippen LogP contribution in [0.3, 0.4) is 0 Å². The van der Waals surface area contributed by atoms with Crippen LogP contribution in [-0.2, 0) is 0 Å². The number of nitrogens with one attached hydrogen (secondary N) is 1. The summed E-state index contributed by atoms with van der Waals surface area (Å²) in [6.45, 7) is 6.80. The summed E-state index contributed by atoms with van der Waals surface area (Å²) < 4.78 is 2.27. The van der Waals surface area contributed by atoms with Crippen molar-refractivity contribution in [3.63, 3.8) is 0 Å². The lowest BCUT2D eigenvalue weighted by Crippen LogP contribution is -2.10. The van der Waals surface area contributed by atoms with Gasteiger partial charge in [-0.25, -0.2) is 4.98 Å². The Kier molecular flexibility index (Phi) is 3.09. The Morgan fingerprint density at radius 2 is 2.53 bits per heavy atom. The van der Waals surface area contributed by atoms with Gasteiger partial charge in [0.05, 0.1) is 0 Å². The minimum atomic E-state index is 0.634. The van der Waals surface area contributed by atoms with Gasteiger partial charge >= 0.3 is 0 Å². The van der Waals surface area contributed by atoms with Gasteiger partial charge < -0.3 is 9.88 Å². The second kappa shape index (κ2) is 4.51. The van der Waals surface area contributed by atoms with Gasteiger partial charge in [0, 0.05) is 25.0 Å². The summed E-state index contributed by atoms with van der Waals surface area (Å²) in [6, 6.07) is 0.634. The molecule has 3 heteroatoms. The molecule has 0 radical (unpaired) electrons. The predicted molar refractivity (Wildman–Crippen MR) is 63.0 cm³/mol. The van der Waals surface area contributed by atoms with Crippen molar-refractivity contribution in [2.24, 2.45) is 5.92 Å². The van der Waals surface area contributed by atoms with Crippen LogP contribution >= 0.6 is 0 Å². The lowest BCUT2D eigenvalue weighted by molar-refractivity contribution is 0.498. The van der Waals surface area contributed by atoms with Crippen molar-refractivity contribution in [2.75, 3.05) is 11.9 Å². The molecule has 1 aromatic rings. The van der Waals surface area contributed by atoms with E-state index in [0.29, 0.717) is 6.04 Å². The van der Waals surface area contributed by atoms with Gasteiger partial charge in [0.15, 0.2) is 0 Å². The number of hydrogen-bond acceptors (Lipinski definition) is 2. The standard InChI is InChI=1S/C12H19N3/c1-3-6-13-12-14-7-8-15(12)11-5-4-10(2)9-11/h3,7-8,10-11H,1,4-6,9H2,2H3,(H,13,14). The topological polar surface area (TPSA) is 29.9 Å². The van der Waals surface area contributed by atoms with Gasteiger partial charge in [0.2, 0.25) is 5.95 Å². The van der Waals surface area contributed by atoms with Gasteiger partial charge in [-0.1, -0.05) is 13.0 Å². The number of aromatic nitrogens is 2. The highest BCUT2D eigenvalue weighted by Gasteiger charge is 2.23. The Morgan fingerprint density at radius 3 is 3.20 bits per heavy atom. The zero-order chi connectivity index (χ0) is 10.7. The van der Waals surface area contributed by atoms with E-state index in [0.717, 1.165) is 18.4 Å². The molecule has 0 aliphatic heterocycles. The van der Waals surface area contributed by atoms with Crippen LogP contribution in [0.2, 0.25) is 0 Å². The van der Waals surface area contributed by atoms with Crippen molar-refractivity contribution >= 4 is 5.95 Å². The third-order valence-corrected chi connectivity index (χ3v) is 3.13. The van der Waals surface area contributed by atoms with Crippen LogP contribution in [0.1, 0.15) is 32.2 Å². The van der Waals surface area contributed by atoms with Gasteiger partial charge in [0.1, 0.15) is 0 Å². The number of hydrogen-bond donors (Lipinski definition) is 1. The fourth-order valence-corrected chi connectivity index (χ4v) is 2.34. The molecule has 2 atom stereocenters. The average molecular weight is 205 g/mol. The first-order valence-corrected chi connectivity index (χ1v) is 5.69. The van der Waals surface area contributed by atoms with Crippen LogP contribution in [0, 0.1) is 5.92 Å². The lowest BCUT2D eigenvalue weighted by Gasteiger charge is -2.15. The smallest absolute Gasteiger partial charge is 0.203 e. The summed E-state index contributed by atoms with van der Waals surface area (Å²) in [5.41, 5.74) is 0. The molecule has 82 valence electrons. The highest BCUT2D eigenvalue weighted by atomic mass is 15.2. The fraction of sp³-hybridized carbons (Fsp3) is 0.583. The molecule has 1 N–H and O–H groups in total. The highest BCUT2D eigenvalue weighted by Crippen LogP contribution is 2.35. The third-order valence-electron chi connectivity index (χ3n) is 3.13. The molecule has 2 rings (SSSR count). The molecule has 0 saturated heterocycles. The maximum atomic E-state index is 4.33. The van der Waals surface area contributed by atoms with E-state index >= 15 is 0 Å². The Bertz CT molecular complexity index is 329. The molecule has 1 fully saturated rings. The normalized spacial score (nSPS) is 25.4. The molecule has 1 aliphatic carbocycles. The van der Waals surface area contributed by atoms with Crippen molar-refractivity contribution < 1.29 is 0 Å². The van der Waals surface area contributed by atoms with Crippen LogP contribution in [0.15, 0.2) is 25.0 Å². The second-order valence-electron chi connectivity index (χ2n) is 4.40. The van der Waals surface area contributed by atoms with E-state index < -0.39 is 0 Å². The van der Waals surface area contributed by atoms with Crippen molar-refractivity contribution in [3.8, 4) is 0 Å². The molecule has 1 aliphatic rings. The Balaban J connectivity index is 2.07. The molecule has 0 amide bonds. The molecule has 1 aromatic heterocycles. The molecule has 15 heavy (non-hydrogen) atoms. The quantitative estimate of drug-likeness (QED) is 0.766. The van der Waals surface area contributed by atoms with E-state index in [4.69, 9.17) is 0 Å².